The van der Waals surface area contributed by atoms with Gasteiger partial charge in [-0.2, -0.15) is 0 Å². The second kappa shape index (κ2) is 7.63. The molecule has 0 aliphatic carbocycles. The molecule has 104 valence electrons. The Kier molecular flexibility index (Phi) is 6.15. The van der Waals surface area contributed by atoms with Crippen molar-refractivity contribution in [3.05, 3.63) is 28.8 Å². The zero-order valence-corrected chi connectivity index (χ0v) is 12.1. The monoisotopic (exact) mass is 282 g/mol. The molecule has 5 nitrogen and oxygen atoms in total. The van der Waals surface area contributed by atoms with Crippen LogP contribution in [0.4, 0.5) is 10.5 Å². The topological polar surface area (TPSA) is 65.5 Å². The molecule has 6 heteroatoms. The molecule has 0 radical (unpaired) electrons. The number of carbonyl (C=O) groups excluding carboxylic acids is 1. The highest BCUT2D eigenvalue weighted by atomic mass is 35.5. The van der Waals surface area contributed by atoms with Gasteiger partial charge in [-0.3, -0.25) is 10.3 Å². The van der Waals surface area contributed by atoms with Gasteiger partial charge in [-0.25, -0.2) is 4.79 Å². The summed E-state index contributed by atoms with van der Waals surface area (Å²) in [6.07, 6.45) is 0. The molecule has 0 aromatic heterocycles. The van der Waals surface area contributed by atoms with E-state index in [9.17, 15) is 4.79 Å². The average molecular weight is 283 g/mol. The van der Waals surface area contributed by atoms with E-state index >= 15 is 0 Å². The van der Waals surface area contributed by atoms with Gasteiger partial charge in [-0.05, 0) is 32.4 Å². The number of para-hydroxylation sites is 1. The fraction of sp³-hybridized carbons (Fsp3) is 0.385. The second-order valence-electron chi connectivity index (χ2n) is 3.86. The number of nitrogens with zero attached hydrogens (tertiary/aromatic N) is 1. The second-order valence-corrected chi connectivity index (χ2v) is 4.27. The van der Waals surface area contributed by atoms with Gasteiger partial charge in [0.25, 0.3) is 0 Å². The molecule has 0 aliphatic rings. The van der Waals surface area contributed by atoms with Gasteiger partial charge in [0, 0.05) is 13.1 Å². The number of aliphatic imine (C=N–C) groups is 1. The Bertz CT molecular complexity index is 453. The van der Waals surface area contributed by atoms with Gasteiger partial charge < -0.3 is 10.6 Å². The molecule has 0 spiro atoms. The van der Waals surface area contributed by atoms with Crippen LogP contribution in [-0.4, -0.2) is 25.1 Å². The van der Waals surface area contributed by atoms with Crippen LogP contribution < -0.4 is 16.0 Å². The third-order valence-electron chi connectivity index (χ3n) is 2.35. The summed E-state index contributed by atoms with van der Waals surface area (Å²) in [4.78, 5) is 16.0. The molecular formula is C13H19ClN4O. The van der Waals surface area contributed by atoms with Crippen molar-refractivity contribution in [2.75, 3.05) is 18.4 Å². The van der Waals surface area contributed by atoms with Gasteiger partial charge in [0.15, 0.2) is 5.96 Å². The molecule has 0 saturated carbocycles. The molecule has 1 aromatic carbocycles. The molecule has 19 heavy (non-hydrogen) atoms. The number of hydrogen-bond donors (Lipinski definition) is 3. The Labute approximate surface area is 118 Å². The zero-order chi connectivity index (χ0) is 14.3. The smallest absolute Gasteiger partial charge is 0.326 e. The minimum Gasteiger partial charge on any atom is -0.356 e. The fourth-order valence-electron chi connectivity index (χ4n) is 1.51. The highest BCUT2D eigenvalue weighted by Crippen LogP contribution is 2.24. The summed E-state index contributed by atoms with van der Waals surface area (Å²) in [5.74, 6) is 0.451. The Morgan fingerprint density at radius 2 is 2.11 bits per heavy atom. The number of urea groups is 1. The van der Waals surface area contributed by atoms with Crippen LogP contribution in [-0.2, 0) is 0 Å². The summed E-state index contributed by atoms with van der Waals surface area (Å²) >= 11 is 6.04. The van der Waals surface area contributed by atoms with Crippen LogP contribution in [0, 0.1) is 6.92 Å². The maximum atomic E-state index is 11.9. The summed E-state index contributed by atoms with van der Waals surface area (Å²) in [5, 5.41) is 8.86. The van der Waals surface area contributed by atoms with E-state index in [1.54, 1.807) is 6.07 Å². The first-order valence-corrected chi connectivity index (χ1v) is 6.57. The number of benzene rings is 1. The maximum Gasteiger partial charge on any atom is 0.326 e. The van der Waals surface area contributed by atoms with E-state index in [1.807, 2.05) is 32.9 Å². The number of aryl methyl sites for hydroxylation is 1. The van der Waals surface area contributed by atoms with Crippen LogP contribution in [0.5, 0.6) is 0 Å². The summed E-state index contributed by atoms with van der Waals surface area (Å²) < 4.78 is 0. The number of amides is 2. The van der Waals surface area contributed by atoms with Crippen molar-refractivity contribution in [2.24, 2.45) is 4.99 Å². The van der Waals surface area contributed by atoms with E-state index in [-0.39, 0.29) is 6.03 Å². The predicted octanol–water partition coefficient (Wildman–Crippen LogP) is 2.76. The fourth-order valence-corrected chi connectivity index (χ4v) is 1.78. The minimum atomic E-state index is -0.371. The highest BCUT2D eigenvalue weighted by molar-refractivity contribution is 6.34. The summed E-state index contributed by atoms with van der Waals surface area (Å²) in [7, 11) is 0. The summed E-state index contributed by atoms with van der Waals surface area (Å²) in [6, 6.07) is 5.08. The highest BCUT2D eigenvalue weighted by Gasteiger charge is 2.09. The quantitative estimate of drug-likeness (QED) is 0.589. The Morgan fingerprint density at radius 1 is 1.37 bits per heavy atom. The van der Waals surface area contributed by atoms with Gasteiger partial charge in [0.1, 0.15) is 0 Å². The van der Waals surface area contributed by atoms with Gasteiger partial charge >= 0.3 is 6.03 Å². The third-order valence-corrected chi connectivity index (χ3v) is 2.67. The van der Waals surface area contributed by atoms with Gasteiger partial charge in [-0.1, -0.05) is 23.7 Å². The van der Waals surface area contributed by atoms with Crippen LogP contribution in [0.1, 0.15) is 19.4 Å². The van der Waals surface area contributed by atoms with E-state index in [0.29, 0.717) is 29.8 Å². The van der Waals surface area contributed by atoms with Crippen LogP contribution in [0.15, 0.2) is 23.2 Å². The van der Waals surface area contributed by atoms with E-state index in [1.165, 1.54) is 0 Å². The van der Waals surface area contributed by atoms with Crippen molar-refractivity contribution >= 4 is 29.3 Å². The van der Waals surface area contributed by atoms with Crippen LogP contribution >= 0.6 is 11.6 Å². The molecule has 1 aromatic rings. The number of carbonyl (C=O) groups is 1. The lowest BCUT2D eigenvalue weighted by Gasteiger charge is -2.13. The van der Waals surface area contributed by atoms with Gasteiger partial charge in [-0.15, -0.1) is 0 Å². The molecule has 0 aliphatic heterocycles. The first-order chi connectivity index (χ1) is 9.08. The number of halogens is 1. The molecule has 0 fully saturated rings. The van der Waals surface area contributed by atoms with Crippen molar-refractivity contribution in [3.63, 3.8) is 0 Å². The van der Waals surface area contributed by atoms with Crippen molar-refractivity contribution < 1.29 is 4.79 Å². The Morgan fingerprint density at radius 3 is 2.68 bits per heavy atom. The van der Waals surface area contributed by atoms with Crippen molar-refractivity contribution in [1.29, 1.82) is 0 Å². The number of guanidine groups is 1. The first-order valence-electron chi connectivity index (χ1n) is 6.19. The maximum absolute atomic E-state index is 11.9. The SMILES string of the molecule is CCN=C(NCC)NC(=O)Nc1c(C)cccc1Cl. The van der Waals surface area contributed by atoms with E-state index in [4.69, 9.17) is 11.6 Å². The largest absolute Gasteiger partial charge is 0.356 e. The zero-order valence-electron chi connectivity index (χ0n) is 11.4. The van der Waals surface area contributed by atoms with E-state index in [0.717, 1.165) is 5.56 Å². The summed E-state index contributed by atoms with van der Waals surface area (Å²) in [6.45, 7) is 6.99. The third kappa shape index (κ3) is 4.79. The van der Waals surface area contributed by atoms with Gasteiger partial charge in [0.05, 0.1) is 10.7 Å². The van der Waals surface area contributed by atoms with Crippen molar-refractivity contribution in [3.8, 4) is 0 Å². The summed E-state index contributed by atoms with van der Waals surface area (Å²) in [5.41, 5.74) is 1.51. The minimum absolute atomic E-state index is 0.371. The first kappa shape index (κ1) is 15.3. The lowest BCUT2D eigenvalue weighted by Crippen LogP contribution is -2.43. The number of nitrogens with one attached hydrogen (secondary N) is 3. The molecule has 0 atom stereocenters. The normalized spacial score (nSPS) is 11.1. The Balaban J connectivity index is 2.72. The molecule has 0 unspecified atom stereocenters. The molecule has 0 saturated heterocycles. The predicted molar refractivity (Wildman–Crippen MR) is 80.0 cm³/mol. The van der Waals surface area contributed by atoms with Crippen LogP contribution in [0.3, 0.4) is 0 Å². The van der Waals surface area contributed by atoms with Crippen molar-refractivity contribution in [1.82, 2.24) is 10.6 Å². The number of anilines is 1. The van der Waals surface area contributed by atoms with Crippen LogP contribution in [0.25, 0.3) is 0 Å². The van der Waals surface area contributed by atoms with Crippen molar-refractivity contribution in [2.45, 2.75) is 20.8 Å². The van der Waals surface area contributed by atoms with E-state index in [2.05, 4.69) is 20.9 Å². The Hall–Kier alpha value is -1.75. The number of hydrogen-bond acceptors (Lipinski definition) is 2. The molecule has 1 rings (SSSR count). The molecule has 3 N–H and O–H groups in total. The molecular weight excluding hydrogens is 264 g/mol. The molecule has 0 bridgehead atoms. The molecule has 2 amide bonds. The van der Waals surface area contributed by atoms with Crippen LogP contribution in [0.2, 0.25) is 5.02 Å². The number of rotatable bonds is 3. The molecule has 0 heterocycles. The standard InChI is InChI=1S/C13H19ClN4O/c1-4-15-12(16-5-2)18-13(19)17-11-9(3)7-6-8-10(11)14/h6-8H,4-5H2,1-3H3,(H3,15,16,17,18,19). The lowest BCUT2D eigenvalue weighted by molar-refractivity contribution is 0.256. The average Bonchev–Trinajstić information content (AvgIpc) is 2.35. The lowest BCUT2D eigenvalue weighted by atomic mass is 10.2. The van der Waals surface area contributed by atoms with Gasteiger partial charge in [0.2, 0.25) is 0 Å². The van der Waals surface area contributed by atoms with E-state index < -0.39 is 0 Å².